The van der Waals surface area contributed by atoms with Crippen molar-refractivity contribution in [2.24, 2.45) is 0 Å². The number of carbonyl (C=O) groups is 2. The molecule has 10 heteroatoms. The number of hydrogen-bond acceptors (Lipinski definition) is 7. The van der Waals surface area contributed by atoms with Gasteiger partial charge >= 0.3 is 18.2 Å². The molecular weight excluding hydrogens is 603 g/mol. The van der Waals surface area contributed by atoms with Crippen LogP contribution in [0.3, 0.4) is 0 Å². The Bertz CT molecular complexity index is 1680. The first-order chi connectivity index (χ1) is 18.3. The van der Waals surface area contributed by atoms with Crippen molar-refractivity contribution in [2.75, 3.05) is 0 Å². The fourth-order valence-electron chi connectivity index (χ4n) is 5.05. The molecule has 4 aromatic rings. The van der Waals surface area contributed by atoms with E-state index in [0.29, 0.717) is 17.9 Å². The number of cyclic esters (lactones) is 1. The lowest BCUT2D eigenvalue weighted by Crippen LogP contribution is -2.50. The third-order valence-electron chi connectivity index (χ3n) is 6.95. The molecule has 2 atom stereocenters. The van der Waals surface area contributed by atoms with Gasteiger partial charge in [0.15, 0.2) is 5.60 Å². The van der Waals surface area contributed by atoms with E-state index in [0.717, 1.165) is 20.0 Å². The Morgan fingerprint density at radius 1 is 1.18 bits per heavy atom. The summed E-state index contributed by atoms with van der Waals surface area (Å²) in [7, 11) is 0. The van der Waals surface area contributed by atoms with Crippen LogP contribution in [0.15, 0.2) is 65.5 Å². The predicted octanol–water partition coefficient (Wildman–Crippen LogP) is 4.20. The number of hydrogen-bond donors (Lipinski definition) is 1. The summed E-state index contributed by atoms with van der Waals surface area (Å²) in [5.74, 6) is -1.95. The molecule has 0 radical (unpaired) electrons. The van der Waals surface area contributed by atoms with Gasteiger partial charge in [-0.2, -0.15) is 0 Å². The smallest absolute Gasteiger partial charge is 0.373 e. The Labute approximate surface area is 230 Å². The highest BCUT2D eigenvalue weighted by atomic mass is 127. The lowest BCUT2D eigenvalue weighted by Gasteiger charge is -2.37. The summed E-state index contributed by atoms with van der Waals surface area (Å²) in [5.41, 5.74) is 1.14. The highest BCUT2D eigenvalue weighted by Crippen LogP contribution is 2.41. The number of halogens is 1. The Balaban J connectivity index is 1.48. The summed E-state index contributed by atoms with van der Waals surface area (Å²) in [6.07, 6.45) is -1.82. The number of aromatic nitrogens is 2. The van der Waals surface area contributed by atoms with E-state index < -0.39 is 23.8 Å². The molecule has 1 N–H and O–H groups in total. The van der Waals surface area contributed by atoms with Gasteiger partial charge in [0, 0.05) is 20.1 Å². The highest BCUT2D eigenvalue weighted by molar-refractivity contribution is 14.1. The Kier molecular flexibility index (Phi) is 5.95. The van der Waals surface area contributed by atoms with E-state index in [1.807, 2.05) is 30.3 Å². The average molecular weight is 624 g/mol. The lowest BCUT2D eigenvalue weighted by atomic mass is 9.85. The van der Waals surface area contributed by atoms with E-state index >= 15 is 0 Å². The number of fused-ring (bicyclic) bond motifs is 5. The molecule has 6 rings (SSSR count). The van der Waals surface area contributed by atoms with Gasteiger partial charge < -0.3 is 23.9 Å². The number of para-hydroxylation sites is 1. The molecule has 2 aliphatic heterocycles. The maximum Gasteiger partial charge on any atom is 0.373 e. The highest BCUT2D eigenvalue weighted by Gasteiger charge is 2.51. The standard InChI is InChI=1S/C28H21IN2O7/c1-2-28(38-26(25(33)34)37-18-9-7-17(29)8-10-18)20-12-22-23-16(11-15-5-3-4-6-21(15)30-23)13-31(22)24(32)19(20)14-36-27(28)35/h3-12,26H,2,13-14H2,1H3,(H,33,34). The molecule has 0 fully saturated rings. The normalized spacial score (nSPS) is 18.3. The van der Waals surface area contributed by atoms with Crippen LogP contribution in [0.1, 0.15) is 30.0 Å². The maximum atomic E-state index is 13.7. The van der Waals surface area contributed by atoms with E-state index in [-0.39, 0.29) is 35.5 Å². The number of aliphatic carboxylic acids is 1. The fraction of sp³-hybridized carbons (Fsp3) is 0.214. The zero-order valence-corrected chi connectivity index (χ0v) is 22.3. The number of carboxylic acid groups (broad SMARTS) is 1. The second-order valence-electron chi connectivity index (χ2n) is 9.12. The van der Waals surface area contributed by atoms with Crippen LogP contribution >= 0.6 is 22.6 Å². The van der Waals surface area contributed by atoms with Crippen molar-refractivity contribution in [1.82, 2.24) is 9.55 Å². The number of carbonyl (C=O) groups excluding carboxylic acids is 1. The predicted molar refractivity (Wildman–Crippen MR) is 145 cm³/mol. The number of ether oxygens (including phenoxy) is 3. The van der Waals surface area contributed by atoms with Crippen LogP contribution < -0.4 is 10.3 Å². The van der Waals surface area contributed by atoms with Crippen molar-refractivity contribution >= 4 is 45.4 Å². The van der Waals surface area contributed by atoms with Gasteiger partial charge in [-0.3, -0.25) is 4.79 Å². The average Bonchev–Trinajstić information content (AvgIpc) is 3.27. The summed E-state index contributed by atoms with van der Waals surface area (Å²) in [4.78, 5) is 43.9. The summed E-state index contributed by atoms with van der Waals surface area (Å²) >= 11 is 2.12. The van der Waals surface area contributed by atoms with Gasteiger partial charge in [-0.05, 0) is 71.5 Å². The van der Waals surface area contributed by atoms with Gasteiger partial charge in [0.1, 0.15) is 12.4 Å². The van der Waals surface area contributed by atoms with Crippen LogP contribution in [-0.2, 0) is 37.8 Å². The SMILES string of the molecule is CCC1(OC(Oc2ccc(I)cc2)C(=O)O)C(=O)OCc2c1cc1n(c2=O)Cc2cc3ccccc3nc2-1. The van der Waals surface area contributed by atoms with E-state index in [4.69, 9.17) is 19.2 Å². The number of pyridine rings is 2. The van der Waals surface area contributed by atoms with Gasteiger partial charge in [0.25, 0.3) is 5.56 Å². The minimum Gasteiger partial charge on any atom is -0.477 e. The maximum absolute atomic E-state index is 13.7. The molecule has 2 unspecified atom stereocenters. The summed E-state index contributed by atoms with van der Waals surface area (Å²) in [6, 6.07) is 18.1. The summed E-state index contributed by atoms with van der Waals surface area (Å²) in [5, 5.41) is 10.9. The quantitative estimate of drug-likeness (QED) is 0.170. The third-order valence-corrected chi connectivity index (χ3v) is 7.67. The molecule has 9 nitrogen and oxygen atoms in total. The van der Waals surface area contributed by atoms with E-state index in [2.05, 4.69) is 22.6 Å². The van der Waals surface area contributed by atoms with Crippen molar-refractivity contribution in [3.63, 3.8) is 0 Å². The molecule has 0 amide bonds. The first kappa shape index (κ1) is 24.6. The van der Waals surface area contributed by atoms with Crippen molar-refractivity contribution in [2.45, 2.75) is 38.4 Å². The van der Waals surface area contributed by atoms with Crippen LogP contribution in [-0.4, -0.2) is 32.9 Å². The van der Waals surface area contributed by atoms with Gasteiger partial charge in [0.2, 0.25) is 0 Å². The molecule has 4 heterocycles. The number of benzene rings is 2. The zero-order valence-electron chi connectivity index (χ0n) is 20.1. The molecule has 0 saturated carbocycles. The molecule has 2 aromatic heterocycles. The minimum absolute atomic E-state index is 0.0135. The Morgan fingerprint density at radius 3 is 2.68 bits per heavy atom. The molecule has 0 aliphatic carbocycles. The third kappa shape index (κ3) is 3.86. The monoisotopic (exact) mass is 624 g/mol. The van der Waals surface area contributed by atoms with E-state index in [1.54, 1.807) is 41.8 Å². The first-order valence-electron chi connectivity index (χ1n) is 12.0. The molecule has 0 saturated heterocycles. The minimum atomic E-state index is -1.87. The van der Waals surface area contributed by atoms with Gasteiger partial charge in [-0.25, -0.2) is 14.6 Å². The molecule has 2 aromatic carbocycles. The van der Waals surface area contributed by atoms with Crippen LogP contribution in [0.5, 0.6) is 5.75 Å². The molecular formula is C28H21IN2O7. The van der Waals surface area contributed by atoms with Crippen molar-refractivity contribution in [3.05, 3.63) is 91.3 Å². The van der Waals surface area contributed by atoms with Gasteiger partial charge in [-0.15, -0.1) is 0 Å². The van der Waals surface area contributed by atoms with Crippen molar-refractivity contribution in [3.8, 4) is 17.1 Å². The van der Waals surface area contributed by atoms with Gasteiger partial charge in [0.05, 0.1) is 29.0 Å². The first-order valence-corrected chi connectivity index (χ1v) is 13.0. The largest absolute Gasteiger partial charge is 0.477 e. The second kappa shape index (κ2) is 9.21. The summed E-state index contributed by atoms with van der Waals surface area (Å²) < 4.78 is 19.5. The van der Waals surface area contributed by atoms with Gasteiger partial charge in [-0.1, -0.05) is 25.1 Å². The summed E-state index contributed by atoms with van der Waals surface area (Å²) in [6.45, 7) is 1.76. The van der Waals surface area contributed by atoms with E-state index in [9.17, 15) is 19.5 Å². The van der Waals surface area contributed by atoms with Crippen LogP contribution in [0.4, 0.5) is 0 Å². The topological polar surface area (TPSA) is 117 Å². The number of carboxylic acids is 1. The van der Waals surface area contributed by atoms with Crippen molar-refractivity contribution in [1.29, 1.82) is 0 Å². The lowest BCUT2D eigenvalue weighted by molar-refractivity contribution is -0.220. The zero-order chi connectivity index (χ0) is 26.6. The van der Waals surface area contributed by atoms with Crippen LogP contribution in [0.25, 0.3) is 22.3 Å². The second-order valence-corrected chi connectivity index (χ2v) is 10.4. The molecule has 2 aliphatic rings. The number of nitrogens with zero attached hydrogens (tertiary/aromatic N) is 2. The van der Waals surface area contributed by atoms with E-state index in [1.165, 1.54) is 0 Å². The Morgan fingerprint density at radius 2 is 1.95 bits per heavy atom. The molecule has 0 spiro atoms. The molecule has 0 bridgehead atoms. The number of esters is 1. The molecule has 192 valence electrons. The van der Waals surface area contributed by atoms with Crippen LogP contribution in [0, 0.1) is 3.57 Å². The Hall–Kier alpha value is -3.77. The fourth-order valence-corrected chi connectivity index (χ4v) is 5.41. The molecule has 38 heavy (non-hydrogen) atoms. The van der Waals surface area contributed by atoms with Crippen LogP contribution in [0.2, 0.25) is 0 Å². The van der Waals surface area contributed by atoms with Crippen molar-refractivity contribution < 1.29 is 28.9 Å². The number of rotatable bonds is 6.